The highest BCUT2D eigenvalue weighted by molar-refractivity contribution is 5.93. The van der Waals surface area contributed by atoms with Crippen molar-refractivity contribution < 1.29 is 4.42 Å². The zero-order chi connectivity index (χ0) is 12.4. The Morgan fingerprint density at radius 3 is 2.72 bits per heavy atom. The Bertz CT molecular complexity index is 670. The molecule has 0 saturated carbocycles. The summed E-state index contributed by atoms with van der Waals surface area (Å²) in [5, 5.41) is 13.5. The number of benzene rings is 2. The topological polar surface area (TPSA) is 51.0 Å². The molecule has 3 rings (SSSR count). The van der Waals surface area contributed by atoms with Crippen molar-refractivity contribution in [2.75, 3.05) is 5.32 Å². The molecule has 3 aromatic rings. The van der Waals surface area contributed by atoms with E-state index in [9.17, 15) is 0 Å². The quantitative estimate of drug-likeness (QED) is 0.762. The number of nitrogens with one attached hydrogen (secondary N) is 1. The van der Waals surface area contributed by atoms with E-state index in [1.807, 2.05) is 24.3 Å². The molecule has 1 N–H and O–H groups in total. The van der Waals surface area contributed by atoms with Gasteiger partial charge in [-0.1, -0.05) is 36.4 Å². The van der Waals surface area contributed by atoms with Crippen molar-refractivity contribution in [3.8, 4) is 0 Å². The Morgan fingerprint density at radius 1 is 1.06 bits per heavy atom. The summed E-state index contributed by atoms with van der Waals surface area (Å²) in [6.45, 7) is 2.32. The van der Waals surface area contributed by atoms with Gasteiger partial charge >= 0.3 is 0 Å². The van der Waals surface area contributed by atoms with Crippen LogP contribution in [0.5, 0.6) is 0 Å². The largest absolute Gasteiger partial charge is 0.424 e. The molecule has 4 heteroatoms. The summed E-state index contributed by atoms with van der Waals surface area (Å²) in [6, 6.07) is 14.4. The standard InChI is InChI=1S/C14H13N3O/c1-10-16-17-14(18-10)9-15-13-8-4-6-11-5-2-3-7-12(11)13/h2-8,15H,9H2,1H3. The molecule has 0 bridgehead atoms. The molecule has 0 spiro atoms. The van der Waals surface area contributed by atoms with Crippen LogP contribution in [-0.2, 0) is 6.54 Å². The molecule has 4 nitrogen and oxygen atoms in total. The average molecular weight is 239 g/mol. The third-order valence-electron chi connectivity index (χ3n) is 2.79. The minimum absolute atomic E-state index is 0.537. The smallest absolute Gasteiger partial charge is 0.235 e. The third-order valence-corrected chi connectivity index (χ3v) is 2.79. The van der Waals surface area contributed by atoms with E-state index in [4.69, 9.17) is 4.42 Å². The fourth-order valence-electron chi connectivity index (χ4n) is 1.96. The van der Waals surface area contributed by atoms with Crippen molar-refractivity contribution in [3.05, 3.63) is 54.2 Å². The van der Waals surface area contributed by atoms with E-state index in [0.717, 1.165) is 5.69 Å². The molecular weight excluding hydrogens is 226 g/mol. The Kier molecular flexibility index (Phi) is 2.68. The van der Waals surface area contributed by atoms with Crippen LogP contribution < -0.4 is 5.32 Å². The molecule has 0 aliphatic carbocycles. The molecule has 0 fully saturated rings. The Hall–Kier alpha value is -2.36. The monoisotopic (exact) mass is 239 g/mol. The van der Waals surface area contributed by atoms with Crippen molar-refractivity contribution >= 4 is 16.5 Å². The maximum Gasteiger partial charge on any atom is 0.235 e. The normalized spacial score (nSPS) is 10.7. The van der Waals surface area contributed by atoms with Gasteiger partial charge in [0, 0.05) is 18.0 Å². The van der Waals surface area contributed by atoms with Crippen LogP contribution in [0.4, 0.5) is 5.69 Å². The minimum Gasteiger partial charge on any atom is -0.424 e. The maximum atomic E-state index is 5.33. The molecule has 18 heavy (non-hydrogen) atoms. The van der Waals surface area contributed by atoms with Gasteiger partial charge in [-0.05, 0) is 11.5 Å². The number of hydrogen-bond donors (Lipinski definition) is 1. The van der Waals surface area contributed by atoms with E-state index in [2.05, 4.69) is 33.7 Å². The fraction of sp³-hybridized carbons (Fsp3) is 0.143. The number of anilines is 1. The van der Waals surface area contributed by atoms with Gasteiger partial charge in [0.1, 0.15) is 0 Å². The molecule has 0 saturated heterocycles. The van der Waals surface area contributed by atoms with E-state index in [0.29, 0.717) is 18.3 Å². The van der Waals surface area contributed by atoms with Crippen molar-refractivity contribution in [3.63, 3.8) is 0 Å². The Morgan fingerprint density at radius 2 is 1.89 bits per heavy atom. The Balaban J connectivity index is 1.86. The van der Waals surface area contributed by atoms with E-state index in [1.165, 1.54) is 10.8 Å². The predicted molar refractivity (Wildman–Crippen MR) is 70.3 cm³/mol. The number of nitrogens with zero attached hydrogens (tertiary/aromatic N) is 2. The second-order valence-electron chi connectivity index (χ2n) is 4.10. The molecule has 0 radical (unpaired) electrons. The van der Waals surface area contributed by atoms with Gasteiger partial charge in [-0.15, -0.1) is 10.2 Å². The second-order valence-corrected chi connectivity index (χ2v) is 4.10. The lowest BCUT2D eigenvalue weighted by Crippen LogP contribution is -2.00. The summed E-state index contributed by atoms with van der Waals surface area (Å²) in [5.41, 5.74) is 1.07. The number of aryl methyl sites for hydroxylation is 1. The van der Waals surface area contributed by atoms with Crippen LogP contribution in [0.15, 0.2) is 46.9 Å². The summed E-state index contributed by atoms with van der Waals surface area (Å²) in [6.07, 6.45) is 0. The zero-order valence-corrected chi connectivity index (χ0v) is 10.1. The molecule has 90 valence electrons. The number of fused-ring (bicyclic) bond motifs is 1. The molecule has 0 amide bonds. The molecule has 1 heterocycles. The molecule has 0 unspecified atom stereocenters. The highest BCUT2D eigenvalue weighted by atomic mass is 16.4. The third kappa shape index (κ3) is 2.05. The van der Waals surface area contributed by atoms with Gasteiger partial charge in [-0.2, -0.15) is 0 Å². The van der Waals surface area contributed by atoms with Crippen LogP contribution in [0.2, 0.25) is 0 Å². The lowest BCUT2D eigenvalue weighted by Gasteiger charge is -2.07. The van der Waals surface area contributed by atoms with E-state index < -0.39 is 0 Å². The first kappa shape index (κ1) is 10.8. The van der Waals surface area contributed by atoms with Crippen molar-refractivity contribution in [2.24, 2.45) is 0 Å². The summed E-state index contributed by atoms with van der Waals surface area (Å²) in [7, 11) is 0. The van der Waals surface area contributed by atoms with E-state index in [-0.39, 0.29) is 0 Å². The summed E-state index contributed by atoms with van der Waals surface area (Å²) >= 11 is 0. The van der Waals surface area contributed by atoms with E-state index in [1.54, 1.807) is 6.92 Å². The van der Waals surface area contributed by atoms with Gasteiger partial charge in [0.15, 0.2) is 0 Å². The number of aromatic nitrogens is 2. The highest BCUT2D eigenvalue weighted by Crippen LogP contribution is 2.23. The lowest BCUT2D eigenvalue weighted by molar-refractivity contribution is 0.475. The van der Waals surface area contributed by atoms with Gasteiger partial charge < -0.3 is 9.73 Å². The van der Waals surface area contributed by atoms with Crippen LogP contribution in [0.25, 0.3) is 10.8 Å². The summed E-state index contributed by atoms with van der Waals surface area (Å²) in [5.74, 6) is 1.19. The molecule has 2 aromatic carbocycles. The first-order chi connectivity index (χ1) is 8.83. The summed E-state index contributed by atoms with van der Waals surface area (Å²) < 4.78 is 5.33. The lowest BCUT2D eigenvalue weighted by atomic mass is 10.1. The molecular formula is C14H13N3O. The van der Waals surface area contributed by atoms with Crippen LogP contribution in [0, 0.1) is 6.92 Å². The van der Waals surface area contributed by atoms with Crippen LogP contribution in [0.3, 0.4) is 0 Å². The number of hydrogen-bond acceptors (Lipinski definition) is 4. The van der Waals surface area contributed by atoms with Gasteiger partial charge in [-0.25, -0.2) is 0 Å². The van der Waals surface area contributed by atoms with Crippen LogP contribution >= 0.6 is 0 Å². The molecule has 0 aliphatic heterocycles. The minimum atomic E-state index is 0.537. The molecule has 0 atom stereocenters. The summed E-state index contributed by atoms with van der Waals surface area (Å²) in [4.78, 5) is 0. The fourth-order valence-corrected chi connectivity index (χ4v) is 1.96. The first-order valence-corrected chi connectivity index (χ1v) is 5.83. The SMILES string of the molecule is Cc1nnc(CNc2cccc3ccccc23)o1. The zero-order valence-electron chi connectivity index (χ0n) is 10.1. The predicted octanol–water partition coefficient (Wildman–Crippen LogP) is 3.14. The Labute approximate surface area is 105 Å². The van der Waals surface area contributed by atoms with Crippen molar-refractivity contribution in [1.82, 2.24) is 10.2 Å². The number of rotatable bonds is 3. The van der Waals surface area contributed by atoms with Crippen LogP contribution in [-0.4, -0.2) is 10.2 Å². The van der Waals surface area contributed by atoms with Gasteiger partial charge in [0.25, 0.3) is 0 Å². The van der Waals surface area contributed by atoms with Gasteiger partial charge in [-0.3, -0.25) is 0 Å². The van der Waals surface area contributed by atoms with Crippen molar-refractivity contribution in [2.45, 2.75) is 13.5 Å². The second kappa shape index (κ2) is 4.49. The van der Waals surface area contributed by atoms with Crippen LogP contribution in [0.1, 0.15) is 11.8 Å². The maximum absolute atomic E-state index is 5.33. The highest BCUT2D eigenvalue weighted by Gasteiger charge is 2.03. The first-order valence-electron chi connectivity index (χ1n) is 5.83. The molecule has 0 aliphatic rings. The van der Waals surface area contributed by atoms with Gasteiger partial charge in [0.2, 0.25) is 11.8 Å². The van der Waals surface area contributed by atoms with E-state index >= 15 is 0 Å². The average Bonchev–Trinajstić information content (AvgIpc) is 2.82. The molecule has 1 aromatic heterocycles. The van der Waals surface area contributed by atoms with Crippen molar-refractivity contribution in [1.29, 1.82) is 0 Å². The van der Waals surface area contributed by atoms with Gasteiger partial charge in [0.05, 0.1) is 6.54 Å².